The summed E-state index contributed by atoms with van der Waals surface area (Å²) >= 11 is 0. The van der Waals surface area contributed by atoms with Crippen molar-refractivity contribution >= 4 is 11.8 Å². The molecular formula is C16H20FN3O2. The van der Waals surface area contributed by atoms with Gasteiger partial charge in [-0.25, -0.2) is 9.18 Å². The molecule has 0 spiro atoms. The molecule has 1 unspecified atom stereocenters. The van der Waals surface area contributed by atoms with E-state index < -0.39 is 6.09 Å². The molecule has 0 fully saturated rings. The number of allylic oxidation sites excluding steroid dienone is 2. The van der Waals surface area contributed by atoms with Gasteiger partial charge in [0, 0.05) is 7.05 Å². The number of amides is 1. The zero-order chi connectivity index (χ0) is 15.9. The summed E-state index contributed by atoms with van der Waals surface area (Å²) in [6.45, 7) is 0. The van der Waals surface area contributed by atoms with Gasteiger partial charge in [-0.05, 0) is 54.5 Å². The number of ether oxygens (including phenoxy) is 1. The lowest BCUT2D eigenvalue weighted by molar-refractivity contribution is 0.167. The van der Waals surface area contributed by atoms with Crippen LogP contribution in [0.4, 0.5) is 14.9 Å². The molecule has 1 aromatic carbocycles. The van der Waals surface area contributed by atoms with Crippen molar-refractivity contribution in [3.05, 3.63) is 53.5 Å². The van der Waals surface area contributed by atoms with Gasteiger partial charge < -0.3 is 15.4 Å². The Hall–Kier alpha value is -2.50. The highest BCUT2D eigenvalue weighted by Crippen LogP contribution is 2.18. The quantitative estimate of drug-likeness (QED) is 0.782. The van der Waals surface area contributed by atoms with Crippen LogP contribution in [0.5, 0.6) is 0 Å². The first-order valence-corrected chi connectivity index (χ1v) is 7.06. The Kier molecular flexibility index (Phi) is 5.41. The van der Waals surface area contributed by atoms with Crippen molar-refractivity contribution in [1.29, 1.82) is 0 Å². The van der Waals surface area contributed by atoms with E-state index in [1.54, 1.807) is 25.4 Å². The molecule has 0 bridgehead atoms. The first kappa shape index (κ1) is 15.9. The van der Waals surface area contributed by atoms with E-state index in [1.807, 2.05) is 18.2 Å². The Labute approximate surface area is 129 Å². The van der Waals surface area contributed by atoms with Crippen molar-refractivity contribution < 1.29 is 13.9 Å². The third kappa shape index (κ3) is 4.25. The number of carbonyl (C=O) groups is 1. The number of benzene rings is 1. The molecule has 1 aliphatic rings. The highest BCUT2D eigenvalue weighted by atomic mass is 19.1. The summed E-state index contributed by atoms with van der Waals surface area (Å²) < 4.78 is 18.3. The van der Waals surface area contributed by atoms with Gasteiger partial charge in [0.1, 0.15) is 12.0 Å². The predicted octanol–water partition coefficient (Wildman–Crippen LogP) is 2.53. The SMILES string of the molecule is CNc1ccc(CCC2=CC(NC(=O)OC)NC=C2)cc1F. The number of hydrogen-bond donors (Lipinski definition) is 3. The number of halogens is 1. The van der Waals surface area contributed by atoms with Crippen LogP contribution in [-0.2, 0) is 11.2 Å². The van der Waals surface area contributed by atoms with Crippen LogP contribution in [0.2, 0.25) is 0 Å². The van der Waals surface area contributed by atoms with Gasteiger partial charge in [0.05, 0.1) is 12.8 Å². The number of nitrogens with one attached hydrogen (secondary N) is 3. The van der Waals surface area contributed by atoms with E-state index in [9.17, 15) is 9.18 Å². The van der Waals surface area contributed by atoms with Crippen LogP contribution < -0.4 is 16.0 Å². The maximum absolute atomic E-state index is 13.7. The standard InChI is InChI=1S/C16H20FN3O2/c1-18-14-6-5-11(9-13(14)17)3-4-12-7-8-19-15(10-12)20-16(21)22-2/h5-10,15,18-19H,3-4H2,1-2H3,(H,20,21). The van der Waals surface area contributed by atoms with Crippen LogP contribution in [0.25, 0.3) is 0 Å². The second kappa shape index (κ2) is 7.49. The van der Waals surface area contributed by atoms with Crippen molar-refractivity contribution in [3.63, 3.8) is 0 Å². The Bertz CT molecular complexity index is 599. The maximum Gasteiger partial charge on any atom is 0.408 e. The topological polar surface area (TPSA) is 62.4 Å². The summed E-state index contributed by atoms with van der Waals surface area (Å²) in [6.07, 6.45) is 6.32. The lowest BCUT2D eigenvalue weighted by Crippen LogP contribution is -2.42. The van der Waals surface area contributed by atoms with Gasteiger partial charge in [0.15, 0.2) is 0 Å². The lowest BCUT2D eigenvalue weighted by atomic mass is 10.0. The fraction of sp³-hybridized carbons (Fsp3) is 0.312. The van der Waals surface area contributed by atoms with Crippen LogP contribution >= 0.6 is 0 Å². The molecule has 0 radical (unpaired) electrons. The molecule has 1 aliphatic heterocycles. The minimum absolute atomic E-state index is 0.250. The first-order chi connectivity index (χ1) is 10.6. The van der Waals surface area contributed by atoms with Crippen molar-refractivity contribution in [2.75, 3.05) is 19.5 Å². The Balaban J connectivity index is 1.94. The van der Waals surface area contributed by atoms with Crippen LogP contribution in [0, 0.1) is 5.82 Å². The highest BCUT2D eigenvalue weighted by molar-refractivity contribution is 5.67. The second-order valence-electron chi connectivity index (χ2n) is 4.92. The van der Waals surface area contributed by atoms with E-state index in [0.717, 1.165) is 24.0 Å². The van der Waals surface area contributed by atoms with E-state index in [0.29, 0.717) is 5.69 Å². The molecule has 1 atom stereocenters. The Morgan fingerprint density at radius 1 is 1.41 bits per heavy atom. The van der Waals surface area contributed by atoms with E-state index in [4.69, 9.17) is 0 Å². The number of carbonyl (C=O) groups excluding carboxylic acids is 1. The Morgan fingerprint density at radius 3 is 2.91 bits per heavy atom. The maximum atomic E-state index is 13.7. The summed E-state index contributed by atoms with van der Waals surface area (Å²) in [5.74, 6) is -0.250. The van der Waals surface area contributed by atoms with Gasteiger partial charge in [0.2, 0.25) is 0 Å². The van der Waals surface area contributed by atoms with Crippen LogP contribution in [0.1, 0.15) is 12.0 Å². The summed E-state index contributed by atoms with van der Waals surface area (Å²) in [5, 5.41) is 8.45. The fourth-order valence-corrected chi connectivity index (χ4v) is 2.22. The molecule has 118 valence electrons. The first-order valence-electron chi connectivity index (χ1n) is 7.06. The molecule has 6 heteroatoms. The number of rotatable bonds is 5. The highest BCUT2D eigenvalue weighted by Gasteiger charge is 2.11. The molecule has 2 rings (SSSR count). The van der Waals surface area contributed by atoms with Gasteiger partial charge in [-0.2, -0.15) is 0 Å². The molecule has 0 saturated heterocycles. The largest absolute Gasteiger partial charge is 0.453 e. The smallest absolute Gasteiger partial charge is 0.408 e. The summed E-state index contributed by atoms with van der Waals surface area (Å²) in [5.41, 5.74) is 2.49. The van der Waals surface area contributed by atoms with Gasteiger partial charge in [-0.15, -0.1) is 0 Å². The van der Waals surface area contributed by atoms with Crippen LogP contribution in [0.15, 0.2) is 42.1 Å². The summed E-state index contributed by atoms with van der Waals surface area (Å²) in [6, 6.07) is 5.19. The summed E-state index contributed by atoms with van der Waals surface area (Å²) in [7, 11) is 3.01. The molecule has 1 heterocycles. The van der Waals surface area contributed by atoms with E-state index >= 15 is 0 Å². The van der Waals surface area contributed by atoms with Crippen LogP contribution in [-0.4, -0.2) is 26.4 Å². The van der Waals surface area contributed by atoms with E-state index in [1.165, 1.54) is 7.11 Å². The average molecular weight is 305 g/mol. The molecule has 3 N–H and O–H groups in total. The third-order valence-corrected chi connectivity index (χ3v) is 3.42. The lowest BCUT2D eigenvalue weighted by Gasteiger charge is -2.19. The second-order valence-corrected chi connectivity index (χ2v) is 4.92. The van der Waals surface area contributed by atoms with Crippen LogP contribution in [0.3, 0.4) is 0 Å². The zero-order valence-electron chi connectivity index (χ0n) is 12.7. The number of aryl methyl sites for hydroxylation is 1. The molecular weight excluding hydrogens is 285 g/mol. The van der Waals surface area contributed by atoms with E-state index in [2.05, 4.69) is 20.7 Å². The molecule has 5 nitrogen and oxygen atoms in total. The summed E-state index contributed by atoms with van der Waals surface area (Å²) in [4.78, 5) is 11.2. The number of hydrogen-bond acceptors (Lipinski definition) is 4. The average Bonchev–Trinajstić information content (AvgIpc) is 2.53. The normalized spacial score (nSPS) is 16.5. The molecule has 1 amide bonds. The van der Waals surface area contributed by atoms with Gasteiger partial charge >= 0.3 is 6.09 Å². The monoisotopic (exact) mass is 305 g/mol. The van der Waals surface area contributed by atoms with Crippen molar-refractivity contribution in [3.8, 4) is 0 Å². The number of anilines is 1. The zero-order valence-corrected chi connectivity index (χ0v) is 12.7. The van der Waals surface area contributed by atoms with E-state index in [-0.39, 0.29) is 12.0 Å². The molecule has 0 aromatic heterocycles. The molecule has 0 aliphatic carbocycles. The number of dihydropyridines is 1. The van der Waals surface area contributed by atoms with Gasteiger partial charge in [0.25, 0.3) is 0 Å². The number of alkyl carbamates (subject to hydrolysis) is 1. The minimum atomic E-state index is -0.492. The van der Waals surface area contributed by atoms with Gasteiger partial charge in [-0.1, -0.05) is 6.07 Å². The molecule has 0 saturated carbocycles. The van der Waals surface area contributed by atoms with Gasteiger partial charge in [-0.3, -0.25) is 5.32 Å². The van der Waals surface area contributed by atoms with Crippen molar-refractivity contribution in [2.24, 2.45) is 0 Å². The van der Waals surface area contributed by atoms with Crippen molar-refractivity contribution in [1.82, 2.24) is 10.6 Å². The predicted molar refractivity (Wildman–Crippen MR) is 84.0 cm³/mol. The minimum Gasteiger partial charge on any atom is -0.453 e. The molecule has 1 aromatic rings. The Morgan fingerprint density at radius 2 is 2.23 bits per heavy atom. The van der Waals surface area contributed by atoms with Crippen molar-refractivity contribution in [2.45, 2.75) is 19.0 Å². The molecule has 22 heavy (non-hydrogen) atoms. The fourth-order valence-electron chi connectivity index (χ4n) is 2.22. The number of methoxy groups -OCH3 is 1. The third-order valence-electron chi connectivity index (χ3n) is 3.42.